The number of nitrogens with zero attached hydrogens (tertiary/aromatic N) is 2. The van der Waals surface area contributed by atoms with Gasteiger partial charge in [-0.25, -0.2) is 4.98 Å². The number of carbonyl (C=O) groups is 1. The lowest BCUT2D eigenvalue weighted by Crippen LogP contribution is -2.47. The van der Waals surface area contributed by atoms with Crippen molar-refractivity contribution in [3.8, 4) is 0 Å². The molecule has 2 rings (SSSR count). The maximum Gasteiger partial charge on any atom is 0.273 e. The van der Waals surface area contributed by atoms with Gasteiger partial charge in [0.25, 0.3) is 5.91 Å². The van der Waals surface area contributed by atoms with Crippen molar-refractivity contribution < 1.29 is 4.79 Å². The van der Waals surface area contributed by atoms with E-state index in [-0.39, 0.29) is 18.3 Å². The van der Waals surface area contributed by atoms with Crippen LogP contribution in [-0.4, -0.2) is 34.4 Å². The first-order valence-electron chi connectivity index (χ1n) is 6.60. The quantitative estimate of drug-likeness (QED) is 0.933. The second-order valence-electron chi connectivity index (χ2n) is 5.01. The lowest BCUT2D eigenvalue weighted by molar-refractivity contribution is 0.0505. The number of carbonyl (C=O) groups excluding carboxylic acids is 1. The van der Waals surface area contributed by atoms with Crippen LogP contribution in [0.25, 0.3) is 0 Å². The number of likely N-dealkylation sites (tertiary alicyclic amines) is 1. The summed E-state index contributed by atoms with van der Waals surface area (Å²) in [7, 11) is 0. The Kier molecular flexibility index (Phi) is 6.23. The molecule has 2 heterocycles. The van der Waals surface area contributed by atoms with E-state index in [1.54, 1.807) is 0 Å². The van der Waals surface area contributed by atoms with Crippen LogP contribution in [0.15, 0.2) is 5.38 Å². The summed E-state index contributed by atoms with van der Waals surface area (Å²) in [5.74, 6) is 0.0780. The second kappa shape index (κ2) is 7.22. The highest BCUT2D eigenvalue weighted by Gasteiger charge is 2.30. The van der Waals surface area contributed by atoms with E-state index in [9.17, 15) is 4.79 Å². The van der Waals surface area contributed by atoms with Crippen molar-refractivity contribution >= 4 is 29.7 Å². The number of nitrogens with two attached hydrogens (primary N) is 1. The van der Waals surface area contributed by atoms with Gasteiger partial charge in [-0.2, -0.15) is 0 Å². The fraction of sp³-hybridized carbons (Fsp3) is 0.692. The van der Waals surface area contributed by atoms with Crippen molar-refractivity contribution in [2.24, 2.45) is 5.73 Å². The molecule has 1 aromatic rings. The zero-order valence-electron chi connectivity index (χ0n) is 11.5. The number of aromatic nitrogens is 1. The van der Waals surface area contributed by atoms with E-state index in [1.165, 1.54) is 17.8 Å². The van der Waals surface area contributed by atoms with Crippen molar-refractivity contribution in [1.82, 2.24) is 9.88 Å². The molecule has 0 bridgehead atoms. The fourth-order valence-corrected chi connectivity index (χ4v) is 3.39. The highest BCUT2D eigenvalue weighted by molar-refractivity contribution is 7.09. The van der Waals surface area contributed by atoms with Crippen LogP contribution in [-0.2, 0) is 6.42 Å². The van der Waals surface area contributed by atoms with Gasteiger partial charge in [0.2, 0.25) is 0 Å². The van der Waals surface area contributed by atoms with E-state index >= 15 is 0 Å². The molecule has 1 aliphatic heterocycles. The zero-order chi connectivity index (χ0) is 13.1. The molecule has 0 radical (unpaired) electrons. The second-order valence-corrected chi connectivity index (χ2v) is 5.95. The van der Waals surface area contributed by atoms with Crippen LogP contribution >= 0.6 is 23.7 Å². The first kappa shape index (κ1) is 16.4. The smallest absolute Gasteiger partial charge is 0.273 e. The molecule has 6 heteroatoms. The number of hydrogen-bond acceptors (Lipinski definition) is 4. The predicted molar refractivity (Wildman–Crippen MR) is 81.1 cm³/mol. The van der Waals surface area contributed by atoms with Gasteiger partial charge in [0, 0.05) is 23.9 Å². The van der Waals surface area contributed by atoms with Gasteiger partial charge in [-0.3, -0.25) is 4.79 Å². The molecule has 4 nitrogen and oxygen atoms in total. The molecule has 0 saturated carbocycles. The molecule has 19 heavy (non-hydrogen) atoms. The number of rotatable bonds is 3. The molecule has 0 aliphatic carbocycles. The minimum atomic E-state index is 0. The predicted octanol–water partition coefficient (Wildman–Crippen LogP) is 2.47. The third-order valence-corrected chi connectivity index (χ3v) is 4.47. The Morgan fingerprint density at radius 2 is 2.11 bits per heavy atom. The third kappa shape index (κ3) is 3.68. The summed E-state index contributed by atoms with van der Waals surface area (Å²) < 4.78 is 0. The molecule has 1 aromatic heterocycles. The summed E-state index contributed by atoms with van der Waals surface area (Å²) in [6.45, 7) is 4.83. The molecule has 2 unspecified atom stereocenters. The van der Waals surface area contributed by atoms with Crippen molar-refractivity contribution in [1.29, 1.82) is 0 Å². The standard InChI is InChI=1S/C13H21N3OS.ClH/c1-9-4-3-5-10(2)16(9)13(17)11-8-18-12(15-11)6-7-14;/h8-10H,3-7,14H2,1-2H3;1H. The van der Waals surface area contributed by atoms with Crippen LogP contribution in [0.5, 0.6) is 0 Å². The highest BCUT2D eigenvalue weighted by atomic mass is 35.5. The maximum absolute atomic E-state index is 12.5. The number of halogens is 1. The maximum atomic E-state index is 12.5. The Hall–Kier alpha value is -0.650. The van der Waals surface area contributed by atoms with Crippen molar-refractivity contribution in [3.05, 3.63) is 16.1 Å². The third-order valence-electron chi connectivity index (χ3n) is 3.56. The van der Waals surface area contributed by atoms with Gasteiger partial charge in [-0.15, -0.1) is 23.7 Å². The van der Waals surface area contributed by atoms with E-state index < -0.39 is 0 Å². The van der Waals surface area contributed by atoms with Crippen LogP contribution in [0.3, 0.4) is 0 Å². The molecule has 1 saturated heterocycles. The molecular formula is C13H22ClN3OS. The molecule has 2 atom stereocenters. The largest absolute Gasteiger partial charge is 0.332 e. The monoisotopic (exact) mass is 303 g/mol. The molecule has 0 spiro atoms. The van der Waals surface area contributed by atoms with E-state index in [1.807, 2.05) is 10.3 Å². The lowest BCUT2D eigenvalue weighted by Gasteiger charge is -2.38. The molecule has 2 N–H and O–H groups in total. The minimum Gasteiger partial charge on any atom is -0.332 e. The first-order chi connectivity index (χ1) is 8.63. The first-order valence-corrected chi connectivity index (χ1v) is 7.48. The fourth-order valence-electron chi connectivity index (χ4n) is 2.60. The zero-order valence-corrected chi connectivity index (χ0v) is 13.1. The SMILES string of the molecule is CC1CCCC(C)N1C(=O)c1csc(CCN)n1.Cl. The molecule has 0 aromatic carbocycles. The van der Waals surface area contributed by atoms with Crippen molar-refractivity contribution in [2.75, 3.05) is 6.54 Å². The molecule has 1 amide bonds. The van der Waals surface area contributed by atoms with Crippen LogP contribution in [0.2, 0.25) is 0 Å². The summed E-state index contributed by atoms with van der Waals surface area (Å²) >= 11 is 1.53. The molecule has 108 valence electrons. The lowest BCUT2D eigenvalue weighted by atomic mass is 9.97. The van der Waals surface area contributed by atoms with Crippen LogP contribution in [0.1, 0.15) is 48.6 Å². The van der Waals surface area contributed by atoms with Gasteiger partial charge in [0.05, 0.1) is 5.01 Å². The number of amides is 1. The molecular weight excluding hydrogens is 282 g/mol. The van der Waals surface area contributed by atoms with Crippen LogP contribution < -0.4 is 5.73 Å². The normalized spacial score (nSPS) is 23.0. The minimum absolute atomic E-state index is 0. The number of piperidine rings is 1. The molecule has 1 fully saturated rings. The van der Waals surface area contributed by atoms with E-state index in [0.717, 1.165) is 24.3 Å². The van der Waals surface area contributed by atoms with Gasteiger partial charge >= 0.3 is 0 Å². The van der Waals surface area contributed by atoms with E-state index in [2.05, 4.69) is 18.8 Å². The van der Waals surface area contributed by atoms with E-state index in [0.29, 0.717) is 24.3 Å². The van der Waals surface area contributed by atoms with Gasteiger partial charge < -0.3 is 10.6 Å². The molecule has 1 aliphatic rings. The van der Waals surface area contributed by atoms with Gasteiger partial charge in [0.1, 0.15) is 5.69 Å². The summed E-state index contributed by atoms with van der Waals surface area (Å²) in [4.78, 5) is 18.9. The topological polar surface area (TPSA) is 59.2 Å². The summed E-state index contributed by atoms with van der Waals surface area (Å²) in [6, 6.07) is 0.641. The average Bonchev–Trinajstić information content (AvgIpc) is 2.78. The highest BCUT2D eigenvalue weighted by Crippen LogP contribution is 2.25. The Morgan fingerprint density at radius 1 is 1.47 bits per heavy atom. The Balaban J connectivity index is 0.00000180. The Labute approximate surface area is 124 Å². The summed E-state index contributed by atoms with van der Waals surface area (Å²) in [5.41, 5.74) is 6.09. The number of thiazole rings is 1. The summed E-state index contributed by atoms with van der Waals surface area (Å²) in [5, 5.41) is 2.82. The Morgan fingerprint density at radius 3 is 2.68 bits per heavy atom. The Bertz CT molecular complexity index is 414. The summed E-state index contributed by atoms with van der Waals surface area (Å²) in [6.07, 6.45) is 4.15. The van der Waals surface area contributed by atoms with Crippen LogP contribution in [0, 0.1) is 0 Å². The van der Waals surface area contributed by atoms with Crippen LogP contribution in [0.4, 0.5) is 0 Å². The van der Waals surface area contributed by atoms with E-state index in [4.69, 9.17) is 5.73 Å². The van der Waals surface area contributed by atoms with Crippen molar-refractivity contribution in [2.45, 2.75) is 51.6 Å². The van der Waals surface area contributed by atoms with Gasteiger partial charge in [0.15, 0.2) is 0 Å². The van der Waals surface area contributed by atoms with Gasteiger partial charge in [-0.1, -0.05) is 0 Å². The van der Waals surface area contributed by atoms with Crippen molar-refractivity contribution in [3.63, 3.8) is 0 Å². The van der Waals surface area contributed by atoms with Gasteiger partial charge in [-0.05, 0) is 39.7 Å². The average molecular weight is 304 g/mol. The number of hydrogen-bond donors (Lipinski definition) is 1.